The van der Waals surface area contributed by atoms with Crippen LogP contribution in [0.3, 0.4) is 0 Å². The van der Waals surface area contributed by atoms with E-state index in [1.165, 1.54) is 25.0 Å². The second-order valence-electron chi connectivity index (χ2n) is 8.41. The summed E-state index contributed by atoms with van der Waals surface area (Å²) < 4.78 is 13.1. The van der Waals surface area contributed by atoms with E-state index in [1.54, 1.807) is 30.3 Å². The number of carbonyl (C=O) groups is 2. The molecule has 2 aliphatic rings. The van der Waals surface area contributed by atoms with Crippen molar-refractivity contribution in [2.45, 2.75) is 57.0 Å². The molecule has 30 heavy (non-hydrogen) atoms. The Balaban J connectivity index is 1.42. The predicted molar refractivity (Wildman–Crippen MR) is 115 cm³/mol. The standard InChI is InChI=1S/C24H28FN3O2/c25-18-8-10-19(11-9-18)26-21-7-3-6-17(15-21)23(29)28-22(14-16-4-1-2-5-16)24(30)27-20-12-13-20/h3,6-11,15-16,20,22,26H,1-2,4-5,12-14H2,(H,27,30)(H,28,29)/t22-/m0/s1. The normalized spacial score (nSPS) is 17.4. The van der Waals surface area contributed by atoms with E-state index in [0.29, 0.717) is 17.9 Å². The van der Waals surface area contributed by atoms with Crippen LogP contribution in [0.2, 0.25) is 0 Å². The lowest BCUT2D eigenvalue weighted by Crippen LogP contribution is -2.48. The molecule has 0 bridgehead atoms. The molecular formula is C24H28FN3O2. The van der Waals surface area contributed by atoms with E-state index in [1.807, 2.05) is 6.07 Å². The molecule has 2 fully saturated rings. The molecule has 5 nitrogen and oxygen atoms in total. The monoisotopic (exact) mass is 409 g/mol. The maximum atomic E-state index is 13.1. The highest BCUT2D eigenvalue weighted by molar-refractivity contribution is 5.98. The van der Waals surface area contributed by atoms with Gasteiger partial charge in [0, 0.05) is 23.0 Å². The van der Waals surface area contributed by atoms with Crippen molar-refractivity contribution in [3.8, 4) is 0 Å². The summed E-state index contributed by atoms with van der Waals surface area (Å²) in [6.07, 6.45) is 7.39. The zero-order valence-electron chi connectivity index (χ0n) is 17.0. The summed E-state index contributed by atoms with van der Waals surface area (Å²) in [5.41, 5.74) is 1.94. The molecular weight excluding hydrogens is 381 g/mol. The van der Waals surface area contributed by atoms with E-state index in [2.05, 4.69) is 16.0 Å². The van der Waals surface area contributed by atoms with Gasteiger partial charge in [-0.3, -0.25) is 9.59 Å². The van der Waals surface area contributed by atoms with Crippen LogP contribution >= 0.6 is 0 Å². The average Bonchev–Trinajstić information content (AvgIpc) is 3.41. The molecule has 4 rings (SSSR count). The van der Waals surface area contributed by atoms with E-state index in [-0.39, 0.29) is 23.7 Å². The number of rotatable bonds is 8. The molecule has 2 saturated carbocycles. The van der Waals surface area contributed by atoms with E-state index in [9.17, 15) is 14.0 Å². The molecule has 1 atom stereocenters. The quantitative estimate of drug-likeness (QED) is 0.600. The Labute approximate surface area is 176 Å². The lowest BCUT2D eigenvalue weighted by molar-refractivity contribution is -0.123. The van der Waals surface area contributed by atoms with Gasteiger partial charge < -0.3 is 16.0 Å². The van der Waals surface area contributed by atoms with Crippen molar-refractivity contribution in [1.29, 1.82) is 0 Å². The first-order chi connectivity index (χ1) is 14.6. The van der Waals surface area contributed by atoms with Crippen molar-refractivity contribution >= 4 is 23.2 Å². The number of amides is 2. The molecule has 0 saturated heterocycles. The molecule has 6 heteroatoms. The summed E-state index contributed by atoms with van der Waals surface area (Å²) in [7, 11) is 0. The fraction of sp³-hybridized carbons (Fsp3) is 0.417. The number of benzene rings is 2. The van der Waals surface area contributed by atoms with Crippen LogP contribution in [0.1, 0.15) is 55.3 Å². The first-order valence-corrected chi connectivity index (χ1v) is 10.8. The van der Waals surface area contributed by atoms with Crippen molar-refractivity contribution < 1.29 is 14.0 Å². The van der Waals surface area contributed by atoms with Gasteiger partial charge in [-0.1, -0.05) is 31.7 Å². The Morgan fingerprint density at radius 1 is 0.967 bits per heavy atom. The van der Waals surface area contributed by atoms with Crippen molar-refractivity contribution in [1.82, 2.24) is 10.6 Å². The van der Waals surface area contributed by atoms with Gasteiger partial charge in [0.05, 0.1) is 0 Å². The average molecular weight is 410 g/mol. The molecule has 0 radical (unpaired) electrons. The second-order valence-corrected chi connectivity index (χ2v) is 8.41. The first-order valence-electron chi connectivity index (χ1n) is 10.8. The summed E-state index contributed by atoms with van der Waals surface area (Å²) in [5.74, 6) is -0.136. The first kappa shape index (κ1) is 20.4. The van der Waals surface area contributed by atoms with E-state index < -0.39 is 6.04 Å². The van der Waals surface area contributed by atoms with Crippen LogP contribution in [0.4, 0.5) is 15.8 Å². The van der Waals surface area contributed by atoms with E-state index in [0.717, 1.165) is 37.1 Å². The van der Waals surface area contributed by atoms with Crippen LogP contribution in [-0.4, -0.2) is 23.9 Å². The smallest absolute Gasteiger partial charge is 0.252 e. The van der Waals surface area contributed by atoms with Crippen LogP contribution in [-0.2, 0) is 4.79 Å². The zero-order chi connectivity index (χ0) is 20.9. The summed E-state index contributed by atoms with van der Waals surface area (Å²) in [6, 6.07) is 12.9. The SMILES string of the molecule is O=C(N[C@@H](CC1CCCC1)C(=O)NC1CC1)c1cccc(Nc2ccc(F)cc2)c1. The number of nitrogens with one attached hydrogen (secondary N) is 3. The summed E-state index contributed by atoms with van der Waals surface area (Å²) in [4.78, 5) is 25.6. The van der Waals surface area contributed by atoms with Crippen LogP contribution in [0.25, 0.3) is 0 Å². The molecule has 0 spiro atoms. The van der Waals surface area contributed by atoms with Gasteiger partial charge in [0.15, 0.2) is 0 Å². The van der Waals surface area contributed by atoms with Gasteiger partial charge in [0.2, 0.25) is 5.91 Å². The van der Waals surface area contributed by atoms with Crippen LogP contribution in [0, 0.1) is 11.7 Å². The van der Waals surface area contributed by atoms with Crippen molar-refractivity contribution in [2.75, 3.05) is 5.32 Å². The second kappa shape index (κ2) is 9.28. The highest BCUT2D eigenvalue weighted by atomic mass is 19.1. The van der Waals surface area contributed by atoms with Crippen LogP contribution in [0.15, 0.2) is 48.5 Å². The molecule has 2 amide bonds. The fourth-order valence-electron chi connectivity index (χ4n) is 4.02. The molecule has 2 aromatic carbocycles. The van der Waals surface area contributed by atoms with Crippen LogP contribution < -0.4 is 16.0 Å². The molecule has 0 heterocycles. The topological polar surface area (TPSA) is 70.2 Å². The number of carbonyl (C=O) groups excluding carboxylic acids is 2. The van der Waals surface area contributed by atoms with Crippen LogP contribution in [0.5, 0.6) is 0 Å². The molecule has 158 valence electrons. The Hall–Kier alpha value is -2.89. The summed E-state index contributed by atoms with van der Waals surface area (Å²) in [6.45, 7) is 0. The van der Waals surface area contributed by atoms with E-state index in [4.69, 9.17) is 0 Å². The van der Waals surface area contributed by atoms with Gasteiger partial charge >= 0.3 is 0 Å². The van der Waals surface area contributed by atoms with Gasteiger partial charge in [0.1, 0.15) is 11.9 Å². The minimum Gasteiger partial charge on any atom is -0.356 e. The molecule has 0 aliphatic heterocycles. The molecule has 0 aromatic heterocycles. The Morgan fingerprint density at radius 3 is 2.40 bits per heavy atom. The minimum atomic E-state index is -0.505. The number of halogens is 1. The lowest BCUT2D eigenvalue weighted by atomic mass is 9.97. The summed E-state index contributed by atoms with van der Waals surface area (Å²) >= 11 is 0. The van der Waals surface area contributed by atoms with Gasteiger partial charge in [-0.05, 0) is 67.6 Å². The van der Waals surface area contributed by atoms with Gasteiger partial charge in [-0.25, -0.2) is 4.39 Å². The maximum Gasteiger partial charge on any atom is 0.252 e. The van der Waals surface area contributed by atoms with Crippen molar-refractivity contribution in [2.24, 2.45) is 5.92 Å². The molecule has 0 unspecified atom stereocenters. The number of anilines is 2. The largest absolute Gasteiger partial charge is 0.356 e. The third kappa shape index (κ3) is 5.59. The fourth-order valence-corrected chi connectivity index (χ4v) is 4.02. The lowest BCUT2D eigenvalue weighted by Gasteiger charge is -2.21. The maximum absolute atomic E-state index is 13.1. The highest BCUT2D eigenvalue weighted by Gasteiger charge is 2.31. The molecule has 3 N–H and O–H groups in total. The Kier molecular flexibility index (Phi) is 6.31. The highest BCUT2D eigenvalue weighted by Crippen LogP contribution is 2.29. The Morgan fingerprint density at radius 2 is 1.70 bits per heavy atom. The molecule has 2 aliphatic carbocycles. The van der Waals surface area contributed by atoms with Gasteiger partial charge in [-0.15, -0.1) is 0 Å². The number of hydrogen-bond donors (Lipinski definition) is 3. The number of hydrogen-bond acceptors (Lipinski definition) is 3. The zero-order valence-corrected chi connectivity index (χ0v) is 17.0. The minimum absolute atomic E-state index is 0.0710. The third-order valence-corrected chi connectivity index (χ3v) is 5.85. The van der Waals surface area contributed by atoms with E-state index >= 15 is 0 Å². The Bertz CT molecular complexity index is 890. The molecule has 2 aromatic rings. The predicted octanol–water partition coefficient (Wildman–Crippen LogP) is 4.53. The van der Waals surface area contributed by atoms with Crippen molar-refractivity contribution in [3.05, 3.63) is 59.9 Å². The summed E-state index contributed by atoms with van der Waals surface area (Å²) in [5, 5.41) is 9.17. The third-order valence-electron chi connectivity index (χ3n) is 5.85. The van der Waals surface area contributed by atoms with Gasteiger partial charge in [-0.2, -0.15) is 0 Å². The van der Waals surface area contributed by atoms with Gasteiger partial charge in [0.25, 0.3) is 5.91 Å². The van der Waals surface area contributed by atoms with Crippen molar-refractivity contribution in [3.63, 3.8) is 0 Å².